The van der Waals surface area contributed by atoms with Gasteiger partial charge in [0.2, 0.25) is 0 Å². The van der Waals surface area contributed by atoms with E-state index in [1.807, 2.05) is 26.8 Å². The lowest BCUT2D eigenvalue weighted by Gasteiger charge is -2.17. The van der Waals surface area contributed by atoms with Crippen molar-refractivity contribution in [3.63, 3.8) is 0 Å². The van der Waals surface area contributed by atoms with Crippen molar-refractivity contribution in [1.82, 2.24) is 5.01 Å². The fraction of sp³-hybridized carbons (Fsp3) is 0.538. The third kappa shape index (κ3) is 2.81. The van der Waals surface area contributed by atoms with Gasteiger partial charge in [-0.15, -0.1) is 0 Å². The molecule has 0 saturated heterocycles. The highest BCUT2D eigenvalue weighted by molar-refractivity contribution is 6.04. The van der Waals surface area contributed by atoms with E-state index >= 15 is 0 Å². The van der Waals surface area contributed by atoms with Crippen LogP contribution in [0.3, 0.4) is 0 Å². The molecule has 0 aromatic heterocycles. The summed E-state index contributed by atoms with van der Waals surface area (Å²) in [5.74, 6) is 0.648. The van der Waals surface area contributed by atoms with Gasteiger partial charge in [0, 0.05) is 5.71 Å². The van der Waals surface area contributed by atoms with Crippen LogP contribution in [0.1, 0.15) is 40.5 Å². The van der Waals surface area contributed by atoms with Gasteiger partial charge in [0.05, 0.1) is 12.1 Å². The van der Waals surface area contributed by atoms with Crippen LogP contribution < -0.4 is 0 Å². The van der Waals surface area contributed by atoms with E-state index in [-0.39, 0.29) is 5.91 Å². The van der Waals surface area contributed by atoms with Crippen LogP contribution in [-0.2, 0) is 4.79 Å². The van der Waals surface area contributed by atoms with Crippen molar-refractivity contribution in [2.75, 3.05) is 0 Å². The van der Waals surface area contributed by atoms with Crippen molar-refractivity contribution in [2.24, 2.45) is 11.0 Å². The molecule has 3 heteroatoms. The summed E-state index contributed by atoms with van der Waals surface area (Å²) in [7, 11) is 0. The molecule has 0 fully saturated rings. The van der Waals surface area contributed by atoms with Crippen molar-refractivity contribution in [2.45, 2.75) is 40.5 Å². The summed E-state index contributed by atoms with van der Waals surface area (Å²) >= 11 is 0. The van der Waals surface area contributed by atoms with E-state index in [4.69, 9.17) is 0 Å². The van der Waals surface area contributed by atoms with E-state index in [9.17, 15) is 4.79 Å². The van der Waals surface area contributed by atoms with Crippen molar-refractivity contribution in [3.8, 4) is 0 Å². The van der Waals surface area contributed by atoms with E-state index in [1.165, 1.54) is 5.01 Å². The monoisotopic (exact) mass is 220 g/mol. The number of hydrogen-bond donors (Lipinski definition) is 0. The second-order valence-electron chi connectivity index (χ2n) is 3.92. The molecule has 1 atom stereocenters. The minimum Gasteiger partial charge on any atom is -0.272 e. The predicted octanol–water partition coefficient (Wildman–Crippen LogP) is 3.10. The average Bonchev–Trinajstić information content (AvgIpc) is 2.62. The maximum absolute atomic E-state index is 11.5. The number of allylic oxidation sites excluding steroid dienone is 3. The Kier molecular flexibility index (Phi) is 4.47. The van der Waals surface area contributed by atoms with Crippen LogP contribution in [0.4, 0.5) is 0 Å². The molecule has 0 spiro atoms. The van der Waals surface area contributed by atoms with Crippen LogP contribution in [0.5, 0.6) is 0 Å². The molecule has 1 amide bonds. The molecule has 1 heterocycles. The van der Waals surface area contributed by atoms with E-state index in [0.717, 1.165) is 17.8 Å². The molecule has 16 heavy (non-hydrogen) atoms. The lowest BCUT2D eigenvalue weighted by Crippen LogP contribution is -2.20. The normalized spacial score (nSPS) is 23.6. The standard InChI is InChI=1S/C11H14N2O.C2H6/c1-8-3-5-10(6-4-8)13-11(14)7-9(2)12-13;1-2/h3,5-6,8H,4,7H2,1-2H3;1-2H3. The quantitative estimate of drug-likeness (QED) is 0.668. The van der Waals surface area contributed by atoms with Crippen molar-refractivity contribution < 1.29 is 4.79 Å². The first-order valence-electron chi connectivity index (χ1n) is 5.92. The Hall–Kier alpha value is -1.38. The first-order valence-corrected chi connectivity index (χ1v) is 5.92. The second-order valence-corrected chi connectivity index (χ2v) is 3.92. The Morgan fingerprint density at radius 3 is 2.56 bits per heavy atom. The zero-order chi connectivity index (χ0) is 12.1. The van der Waals surface area contributed by atoms with Gasteiger partial charge < -0.3 is 0 Å². The van der Waals surface area contributed by atoms with Crippen LogP contribution in [0.25, 0.3) is 0 Å². The molecular weight excluding hydrogens is 200 g/mol. The summed E-state index contributed by atoms with van der Waals surface area (Å²) < 4.78 is 0. The molecule has 0 radical (unpaired) electrons. The molecule has 0 N–H and O–H groups in total. The second kappa shape index (κ2) is 5.64. The summed E-state index contributed by atoms with van der Waals surface area (Å²) in [6, 6.07) is 0. The molecule has 0 aromatic carbocycles. The van der Waals surface area contributed by atoms with Crippen LogP contribution in [0.2, 0.25) is 0 Å². The van der Waals surface area contributed by atoms with Crippen LogP contribution in [0.15, 0.2) is 29.0 Å². The van der Waals surface area contributed by atoms with Gasteiger partial charge in [-0.3, -0.25) is 4.79 Å². The third-order valence-electron chi connectivity index (χ3n) is 2.45. The SMILES string of the molecule is CC.CC1=NN(C2=CCC(C)C=C2)C(=O)C1. The maximum atomic E-state index is 11.5. The highest BCUT2D eigenvalue weighted by Gasteiger charge is 2.24. The van der Waals surface area contributed by atoms with Gasteiger partial charge in [0.15, 0.2) is 0 Å². The molecule has 1 aliphatic heterocycles. The zero-order valence-electron chi connectivity index (χ0n) is 10.5. The minimum atomic E-state index is 0.0768. The molecule has 3 nitrogen and oxygen atoms in total. The molecular formula is C13H20N2O. The van der Waals surface area contributed by atoms with Gasteiger partial charge in [-0.1, -0.05) is 32.9 Å². The van der Waals surface area contributed by atoms with Gasteiger partial charge in [-0.05, 0) is 25.3 Å². The Morgan fingerprint density at radius 1 is 1.44 bits per heavy atom. The van der Waals surface area contributed by atoms with Crippen LogP contribution in [-0.4, -0.2) is 16.6 Å². The highest BCUT2D eigenvalue weighted by Crippen LogP contribution is 2.22. The molecule has 0 saturated carbocycles. The van der Waals surface area contributed by atoms with Gasteiger partial charge in [-0.25, -0.2) is 5.01 Å². The van der Waals surface area contributed by atoms with Crippen molar-refractivity contribution in [3.05, 3.63) is 23.9 Å². The Labute approximate surface area is 97.5 Å². The van der Waals surface area contributed by atoms with E-state index in [0.29, 0.717) is 12.3 Å². The molecule has 0 bridgehead atoms. The Bertz CT molecular complexity index is 353. The van der Waals surface area contributed by atoms with E-state index < -0.39 is 0 Å². The summed E-state index contributed by atoms with van der Waals surface area (Å²) in [5.41, 5.74) is 1.81. The van der Waals surface area contributed by atoms with Crippen LogP contribution >= 0.6 is 0 Å². The lowest BCUT2D eigenvalue weighted by atomic mass is 10.0. The Morgan fingerprint density at radius 2 is 2.12 bits per heavy atom. The lowest BCUT2D eigenvalue weighted by molar-refractivity contribution is -0.126. The fourth-order valence-electron chi connectivity index (χ4n) is 1.63. The molecule has 1 unspecified atom stereocenters. The fourth-order valence-corrected chi connectivity index (χ4v) is 1.63. The summed E-state index contributed by atoms with van der Waals surface area (Å²) in [6.07, 6.45) is 7.62. The van der Waals surface area contributed by atoms with Crippen molar-refractivity contribution in [1.29, 1.82) is 0 Å². The first kappa shape index (κ1) is 12.7. The van der Waals surface area contributed by atoms with Gasteiger partial charge >= 0.3 is 0 Å². The smallest absolute Gasteiger partial charge is 0.253 e. The van der Waals surface area contributed by atoms with Gasteiger partial charge in [0.1, 0.15) is 0 Å². The molecule has 2 aliphatic rings. The number of carbonyl (C=O) groups is 1. The summed E-state index contributed by atoms with van der Waals surface area (Å²) in [4.78, 5) is 11.5. The predicted molar refractivity (Wildman–Crippen MR) is 66.9 cm³/mol. The summed E-state index contributed by atoms with van der Waals surface area (Å²) in [5, 5.41) is 5.71. The number of hydrazone groups is 1. The molecule has 2 rings (SSSR count). The van der Waals surface area contributed by atoms with E-state index in [2.05, 4.69) is 24.2 Å². The highest BCUT2D eigenvalue weighted by atomic mass is 16.2. The number of hydrogen-bond acceptors (Lipinski definition) is 2. The number of nitrogens with zero attached hydrogens (tertiary/aromatic N) is 2. The first-order chi connectivity index (χ1) is 7.66. The third-order valence-corrected chi connectivity index (χ3v) is 2.45. The average molecular weight is 220 g/mol. The largest absolute Gasteiger partial charge is 0.272 e. The molecule has 88 valence electrons. The molecule has 0 aromatic rings. The number of carbonyl (C=O) groups excluding carboxylic acids is 1. The van der Waals surface area contributed by atoms with Crippen molar-refractivity contribution >= 4 is 11.6 Å². The van der Waals surface area contributed by atoms with Gasteiger partial charge in [0.25, 0.3) is 5.91 Å². The van der Waals surface area contributed by atoms with Crippen LogP contribution in [0, 0.1) is 5.92 Å². The summed E-state index contributed by atoms with van der Waals surface area (Å²) in [6.45, 7) is 8.04. The maximum Gasteiger partial charge on any atom is 0.253 e. The topological polar surface area (TPSA) is 32.7 Å². The number of rotatable bonds is 1. The molecule has 1 aliphatic carbocycles. The minimum absolute atomic E-state index is 0.0768. The number of amides is 1. The zero-order valence-corrected chi connectivity index (χ0v) is 10.5. The van der Waals surface area contributed by atoms with E-state index in [1.54, 1.807) is 0 Å². The Balaban J connectivity index is 0.000000606. The van der Waals surface area contributed by atoms with Gasteiger partial charge in [-0.2, -0.15) is 5.10 Å².